The summed E-state index contributed by atoms with van der Waals surface area (Å²) in [6.45, 7) is 0. The molecule has 0 saturated carbocycles. The van der Waals surface area contributed by atoms with Gasteiger partial charge in [0.2, 0.25) is 0 Å². The quantitative estimate of drug-likeness (QED) is 0.556. The van der Waals surface area contributed by atoms with Crippen LogP contribution in [0.15, 0.2) is 30.6 Å². The van der Waals surface area contributed by atoms with Crippen LogP contribution < -0.4 is 0 Å². The molecule has 80 valence electrons. The lowest BCUT2D eigenvalue weighted by molar-refractivity contribution is -0.134. The zero-order valence-electron chi connectivity index (χ0n) is 8.62. The van der Waals surface area contributed by atoms with Gasteiger partial charge in [-0.3, -0.25) is 0 Å². The summed E-state index contributed by atoms with van der Waals surface area (Å²) in [5.41, 5.74) is 2.32. The Kier molecular flexibility index (Phi) is 2.86. The van der Waals surface area contributed by atoms with Gasteiger partial charge in [-0.15, -0.1) is 10.2 Å². The zero-order valence-corrected chi connectivity index (χ0v) is 8.62. The fourth-order valence-corrected chi connectivity index (χ4v) is 1.24. The van der Waals surface area contributed by atoms with Gasteiger partial charge < -0.3 is 4.74 Å². The van der Waals surface area contributed by atoms with Crippen LogP contribution in [0.4, 0.5) is 0 Å². The first-order valence-electron chi connectivity index (χ1n) is 4.63. The van der Waals surface area contributed by atoms with E-state index in [0.29, 0.717) is 0 Å². The Morgan fingerprint density at radius 1 is 1.38 bits per heavy atom. The summed E-state index contributed by atoms with van der Waals surface area (Å²) in [4.78, 5) is 15.0. The van der Waals surface area contributed by atoms with Crippen molar-refractivity contribution < 1.29 is 9.53 Å². The summed E-state index contributed by atoms with van der Waals surface area (Å²) < 4.78 is 4.50. The van der Waals surface area contributed by atoms with Gasteiger partial charge in [0, 0.05) is 6.08 Å². The summed E-state index contributed by atoms with van der Waals surface area (Å²) >= 11 is 0. The zero-order chi connectivity index (χ0) is 11.4. The second kappa shape index (κ2) is 4.48. The second-order valence-electron chi connectivity index (χ2n) is 3.06. The Morgan fingerprint density at radius 3 is 3.06 bits per heavy atom. The minimum Gasteiger partial charge on any atom is -0.466 e. The van der Waals surface area contributed by atoms with E-state index < -0.39 is 0 Å². The van der Waals surface area contributed by atoms with Crippen molar-refractivity contribution >= 4 is 23.1 Å². The third-order valence-corrected chi connectivity index (χ3v) is 2.03. The van der Waals surface area contributed by atoms with E-state index in [4.69, 9.17) is 0 Å². The molecule has 2 aromatic rings. The number of methoxy groups -OCH3 is 1. The van der Waals surface area contributed by atoms with Crippen LogP contribution in [0.25, 0.3) is 17.1 Å². The maximum absolute atomic E-state index is 10.9. The summed E-state index contributed by atoms with van der Waals surface area (Å²) in [5.74, 6) is -0.388. The van der Waals surface area contributed by atoms with Gasteiger partial charge in [0.25, 0.3) is 0 Å². The standard InChI is InChI=1S/C11H9N3O2/c1-16-11(15)5-3-8-2-4-9-10(6-8)12-7-13-14-9/h2-7H,1H3/b5-3+. The van der Waals surface area contributed by atoms with Crippen LogP contribution in [-0.2, 0) is 9.53 Å². The number of fused-ring (bicyclic) bond motifs is 1. The minimum atomic E-state index is -0.388. The van der Waals surface area contributed by atoms with Crippen LogP contribution in [0.2, 0.25) is 0 Å². The average molecular weight is 215 g/mol. The Hall–Kier alpha value is -2.30. The topological polar surface area (TPSA) is 65.0 Å². The number of hydrogen-bond donors (Lipinski definition) is 0. The largest absolute Gasteiger partial charge is 0.466 e. The fraction of sp³-hybridized carbons (Fsp3) is 0.0909. The molecular formula is C11H9N3O2. The SMILES string of the molecule is COC(=O)/C=C/c1ccc2nncnc2c1. The van der Waals surface area contributed by atoms with Crippen LogP contribution in [0.5, 0.6) is 0 Å². The molecule has 1 heterocycles. The van der Waals surface area contributed by atoms with Gasteiger partial charge >= 0.3 is 5.97 Å². The molecule has 0 unspecified atom stereocenters. The number of hydrogen-bond acceptors (Lipinski definition) is 5. The fourth-order valence-electron chi connectivity index (χ4n) is 1.24. The molecule has 0 saturated heterocycles. The van der Waals surface area contributed by atoms with E-state index in [2.05, 4.69) is 19.9 Å². The average Bonchev–Trinajstić information content (AvgIpc) is 2.35. The lowest BCUT2D eigenvalue weighted by Gasteiger charge is -1.96. The molecular weight excluding hydrogens is 206 g/mol. The van der Waals surface area contributed by atoms with Crippen molar-refractivity contribution in [2.45, 2.75) is 0 Å². The number of carbonyl (C=O) groups excluding carboxylic acids is 1. The van der Waals surface area contributed by atoms with Crippen LogP contribution in [-0.4, -0.2) is 28.3 Å². The van der Waals surface area contributed by atoms with E-state index in [9.17, 15) is 4.79 Å². The predicted octanol–water partition coefficient (Wildman–Crippen LogP) is 1.21. The molecule has 0 aliphatic rings. The third kappa shape index (κ3) is 2.20. The Labute approximate surface area is 91.8 Å². The van der Waals surface area contributed by atoms with Gasteiger partial charge in [-0.25, -0.2) is 9.78 Å². The summed E-state index contributed by atoms with van der Waals surface area (Å²) in [6.07, 6.45) is 4.40. The molecule has 0 amide bonds. The predicted molar refractivity (Wildman–Crippen MR) is 58.4 cm³/mol. The van der Waals surface area contributed by atoms with Crippen molar-refractivity contribution in [2.75, 3.05) is 7.11 Å². The van der Waals surface area contributed by atoms with Crippen molar-refractivity contribution in [3.63, 3.8) is 0 Å². The highest BCUT2D eigenvalue weighted by Gasteiger charge is 1.97. The van der Waals surface area contributed by atoms with Crippen molar-refractivity contribution in [1.82, 2.24) is 15.2 Å². The van der Waals surface area contributed by atoms with Gasteiger partial charge in [0.05, 0.1) is 12.6 Å². The van der Waals surface area contributed by atoms with E-state index in [1.54, 1.807) is 12.1 Å². The molecule has 0 aliphatic carbocycles. The highest BCUT2D eigenvalue weighted by Crippen LogP contribution is 2.11. The van der Waals surface area contributed by atoms with Crippen molar-refractivity contribution in [3.8, 4) is 0 Å². The van der Waals surface area contributed by atoms with E-state index in [1.807, 2.05) is 12.1 Å². The van der Waals surface area contributed by atoms with Crippen molar-refractivity contribution in [2.24, 2.45) is 0 Å². The summed E-state index contributed by atoms with van der Waals surface area (Å²) in [7, 11) is 1.34. The molecule has 5 heteroatoms. The number of rotatable bonds is 2. The number of benzene rings is 1. The van der Waals surface area contributed by atoms with E-state index >= 15 is 0 Å². The minimum absolute atomic E-state index is 0.388. The molecule has 0 aliphatic heterocycles. The molecule has 0 fully saturated rings. The van der Waals surface area contributed by atoms with Crippen molar-refractivity contribution in [1.29, 1.82) is 0 Å². The molecule has 2 rings (SSSR count). The monoisotopic (exact) mass is 215 g/mol. The first-order chi connectivity index (χ1) is 7.79. The third-order valence-electron chi connectivity index (χ3n) is 2.03. The Morgan fingerprint density at radius 2 is 2.25 bits per heavy atom. The lowest BCUT2D eigenvalue weighted by Crippen LogP contribution is -1.93. The molecule has 0 N–H and O–H groups in total. The van der Waals surface area contributed by atoms with Gasteiger partial charge in [0.1, 0.15) is 11.8 Å². The van der Waals surface area contributed by atoms with Gasteiger partial charge in [-0.1, -0.05) is 6.07 Å². The van der Waals surface area contributed by atoms with E-state index in [1.165, 1.54) is 19.5 Å². The maximum atomic E-state index is 10.9. The highest BCUT2D eigenvalue weighted by atomic mass is 16.5. The smallest absolute Gasteiger partial charge is 0.330 e. The number of ether oxygens (including phenoxy) is 1. The molecule has 0 spiro atoms. The molecule has 0 radical (unpaired) electrons. The normalized spacial score (nSPS) is 10.8. The molecule has 1 aromatic carbocycles. The number of aromatic nitrogens is 3. The summed E-state index contributed by atoms with van der Waals surface area (Å²) in [6, 6.07) is 5.45. The van der Waals surface area contributed by atoms with Crippen LogP contribution in [0, 0.1) is 0 Å². The molecule has 1 aromatic heterocycles. The second-order valence-corrected chi connectivity index (χ2v) is 3.06. The highest BCUT2D eigenvalue weighted by molar-refractivity contribution is 5.88. The van der Waals surface area contributed by atoms with Gasteiger partial charge in [-0.2, -0.15) is 0 Å². The van der Waals surface area contributed by atoms with E-state index in [0.717, 1.165) is 16.6 Å². The van der Waals surface area contributed by atoms with Crippen LogP contribution in [0.1, 0.15) is 5.56 Å². The van der Waals surface area contributed by atoms with E-state index in [-0.39, 0.29) is 5.97 Å². The first-order valence-corrected chi connectivity index (χ1v) is 4.63. The number of esters is 1. The molecule has 0 atom stereocenters. The maximum Gasteiger partial charge on any atom is 0.330 e. The number of carbonyl (C=O) groups is 1. The molecule has 0 bridgehead atoms. The van der Waals surface area contributed by atoms with Crippen LogP contribution in [0.3, 0.4) is 0 Å². The van der Waals surface area contributed by atoms with Gasteiger partial charge in [0.15, 0.2) is 0 Å². The summed E-state index contributed by atoms with van der Waals surface area (Å²) in [5, 5.41) is 7.58. The van der Waals surface area contributed by atoms with Crippen molar-refractivity contribution in [3.05, 3.63) is 36.2 Å². The lowest BCUT2D eigenvalue weighted by atomic mass is 10.2. The Balaban J connectivity index is 2.33. The molecule has 16 heavy (non-hydrogen) atoms. The van der Waals surface area contributed by atoms with Crippen LogP contribution >= 0.6 is 0 Å². The number of nitrogens with zero attached hydrogens (tertiary/aromatic N) is 3. The molecule has 5 nitrogen and oxygen atoms in total. The first kappa shape index (κ1) is 10.2. The Bertz CT molecular complexity index is 552. The van der Waals surface area contributed by atoms with Gasteiger partial charge in [-0.05, 0) is 23.8 Å².